The normalized spacial score (nSPS) is 11.4. The van der Waals surface area contributed by atoms with Gasteiger partial charge in [-0.05, 0) is 23.5 Å². The maximum atomic E-state index is 11.7. The average molecular weight is 265 g/mol. The highest BCUT2D eigenvalue weighted by atomic mass is 16.5. The van der Waals surface area contributed by atoms with Crippen molar-refractivity contribution in [1.29, 1.82) is 0 Å². The molecular formula is C15H23NO3. The lowest BCUT2D eigenvalue weighted by Gasteiger charge is -2.18. The van der Waals surface area contributed by atoms with Crippen LogP contribution in [-0.2, 0) is 16.1 Å². The van der Waals surface area contributed by atoms with Crippen molar-refractivity contribution in [3.05, 3.63) is 29.3 Å². The van der Waals surface area contributed by atoms with Gasteiger partial charge in [-0.15, -0.1) is 0 Å². The Bertz CT molecular complexity index is 436. The van der Waals surface area contributed by atoms with Crippen LogP contribution in [0.15, 0.2) is 18.2 Å². The number of hydrogen-bond donors (Lipinski definition) is 1. The second kappa shape index (κ2) is 6.57. The molecule has 2 N–H and O–H groups in total. The van der Waals surface area contributed by atoms with Crippen LogP contribution in [0.2, 0.25) is 0 Å². The highest BCUT2D eigenvalue weighted by Crippen LogP contribution is 2.21. The van der Waals surface area contributed by atoms with Gasteiger partial charge in [0.25, 0.3) is 0 Å². The Morgan fingerprint density at radius 3 is 2.58 bits per heavy atom. The minimum absolute atomic E-state index is 0.237. The number of rotatable bonds is 5. The molecule has 0 aliphatic heterocycles. The topological polar surface area (TPSA) is 61.5 Å². The van der Waals surface area contributed by atoms with E-state index in [0.717, 1.165) is 12.0 Å². The number of carbonyl (C=O) groups excluding carboxylic acids is 1. The van der Waals surface area contributed by atoms with Gasteiger partial charge in [0.2, 0.25) is 0 Å². The number of benzene rings is 1. The van der Waals surface area contributed by atoms with E-state index < -0.39 is 5.97 Å². The minimum atomic E-state index is -0.424. The van der Waals surface area contributed by atoms with Gasteiger partial charge in [-0.25, -0.2) is 4.79 Å². The summed E-state index contributed by atoms with van der Waals surface area (Å²) in [6, 6.07) is 5.33. The summed E-state index contributed by atoms with van der Waals surface area (Å²) in [6.45, 7) is 7.51. The Morgan fingerprint density at radius 2 is 2.00 bits per heavy atom. The third-order valence-corrected chi connectivity index (χ3v) is 2.83. The standard InChI is InChI=1S/C15H23NO3/c1-15(2,3)8-9-19-10-11-6-5-7-12(16)13(11)14(17)18-4/h5-7H,8-10,16H2,1-4H3. The van der Waals surface area contributed by atoms with Crippen molar-refractivity contribution in [2.24, 2.45) is 5.41 Å². The highest BCUT2D eigenvalue weighted by Gasteiger charge is 2.16. The number of anilines is 1. The smallest absolute Gasteiger partial charge is 0.340 e. The summed E-state index contributed by atoms with van der Waals surface area (Å²) in [5.41, 5.74) is 7.64. The summed E-state index contributed by atoms with van der Waals surface area (Å²) in [6.07, 6.45) is 0.961. The largest absolute Gasteiger partial charge is 0.465 e. The van der Waals surface area contributed by atoms with Crippen molar-refractivity contribution in [3.8, 4) is 0 Å². The van der Waals surface area contributed by atoms with Crippen LogP contribution < -0.4 is 5.73 Å². The summed E-state index contributed by atoms with van der Waals surface area (Å²) < 4.78 is 10.4. The van der Waals surface area contributed by atoms with Crippen LogP contribution in [0.4, 0.5) is 5.69 Å². The molecule has 0 aliphatic rings. The maximum Gasteiger partial charge on any atom is 0.340 e. The van der Waals surface area contributed by atoms with Gasteiger partial charge in [0, 0.05) is 12.3 Å². The molecule has 1 aromatic carbocycles. The van der Waals surface area contributed by atoms with Crippen LogP contribution >= 0.6 is 0 Å². The number of nitrogens with two attached hydrogens (primary N) is 1. The molecule has 0 atom stereocenters. The van der Waals surface area contributed by atoms with Crippen molar-refractivity contribution >= 4 is 11.7 Å². The Hall–Kier alpha value is -1.55. The molecule has 0 spiro atoms. The number of methoxy groups -OCH3 is 1. The van der Waals surface area contributed by atoms with Gasteiger partial charge in [0.15, 0.2) is 0 Å². The molecule has 0 fully saturated rings. The van der Waals surface area contributed by atoms with E-state index in [2.05, 4.69) is 20.8 Å². The van der Waals surface area contributed by atoms with Crippen molar-refractivity contribution in [2.45, 2.75) is 33.8 Å². The monoisotopic (exact) mass is 265 g/mol. The van der Waals surface area contributed by atoms with E-state index in [0.29, 0.717) is 24.5 Å². The fourth-order valence-electron chi connectivity index (χ4n) is 1.65. The molecule has 0 unspecified atom stereocenters. The van der Waals surface area contributed by atoms with E-state index in [4.69, 9.17) is 15.2 Å². The molecule has 4 heteroatoms. The first-order valence-corrected chi connectivity index (χ1v) is 6.38. The van der Waals surface area contributed by atoms with E-state index in [1.807, 2.05) is 12.1 Å². The predicted molar refractivity (Wildman–Crippen MR) is 75.9 cm³/mol. The lowest BCUT2D eigenvalue weighted by atomic mass is 9.93. The molecule has 0 radical (unpaired) electrons. The van der Waals surface area contributed by atoms with Gasteiger partial charge < -0.3 is 15.2 Å². The molecule has 4 nitrogen and oxygen atoms in total. The zero-order chi connectivity index (χ0) is 14.5. The molecule has 106 valence electrons. The van der Waals surface area contributed by atoms with Gasteiger partial charge >= 0.3 is 5.97 Å². The minimum Gasteiger partial charge on any atom is -0.465 e. The molecule has 19 heavy (non-hydrogen) atoms. The maximum absolute atomic E-state index is 11.7. The van der Waals surface area contributed by atoms with Crippen molar-refractivity contribution in [1.82, 2.24) is 0 Å². The average Bonchev–Trinajstić information content (AvgIpc) is 2.33. The summed E-state index contributed by atoms with van der Waals surface area (Å²) >= 11 is 0. The second-order valence-corrected chi connectivity index (χ2v) is 5.74. The van der Waals surface area contributed by atoms with E-state index in [9.17, 15) is 4.79 Å². The molecule has 0 amide bonds. The molecule has 0 aliphatic carbocycles. The van der Waals surface area contributed by atoms with Gasteiger partial charge in [0.1, 0.15) is 0 Å². The van der Waals surface area contributed by atoms with Crippen LogP contribution in [0, 0.1) is 5.41 Å². The van der Waals surface area contributed by atoms with Crippen molar-refractivity contribution in [2.75, 3.05) is 19.5 Å². The van der Waals surface area contributed by atoms with Crippen molar-refractivity contribution in [3.63, 3.8) is 0 Å². The summed E-state index contributed by atoms with van der Waals surface area (Å²) in [5, 5.41) is 0. The third kappa shape index (κ3) is 4.91. The van der Waals surface area contributed by atoms with Crippen LogP contribution in [0.5, 0.6) is 0 Å². The summed E-state index contributed by atoms with van der Waals surface area (Å²) in [7, 11) is 1.35. The molecular weight excluding hydrogens is 242 g/mol. The first-order valence-electron chi connectivity index (χ1n) is 6.38. The molecule has 0 heterocycles. The quantitative estimate of drug-likeness (QED) is 0.505. The van der Waals surface area contributed by atoms with Gasteiger partial charge in [-0.2, -0.15) is 0 Å². The van der Waals surface area contributed by atoms with Crippen LogP contribution in [0.1, 0.15) is 43.1 Å². The summed E-state index contributed by atoms with van der Waals surface area (Å²) in [4.78, 5) is 11.7. The van der Waals surface area contributed by atoms with E-state index >= 15 is 0 Å². The lowest BCUT2D eigenvalue weighted by molar-refractivity contribution is 0.0589. The highest BCUT2D eigenvalue weighted by molar-refractivity contribution is 5.96. The fourth-order valence-corrected chi connectivity index (χ4v) is 1.65. The van der Waals surface area contributed by atoms with Crippen LogP contribution in [0.25, 0.3) is 0 Å². The predicted octanol–water partition coefficient (Wildman–Crippen LogP) is 3.01. The van der Waals surface area contributed by atoms with E-state index in [1.54, 1.807) is 6.07 Å². The van der Waals surface area contributed by atoms with Crippen molar-refractivity contribution < 1.29 is 14.3 Å². The zero-order valence-electron chi connectivity index (χ0n) is 12.2. The third-order valence-electron chi connectivity index (χ3n) is 2.83. The molecule has 0 aromatic heterocycles. The SMILES string of the molecule is COC(=O)c1c(N)cccc1COCCC(C)(C)C. The Labute approximate surface area is 114 Å². The van der Waals surface area contributed by atoms with Gasteiger partial charge in [-0.1, -0.05) is 32.9 Å². The molecule has 0 saturated carbocycles. The van der Waals surface area contributed by atoms with Gasteiger partial charge in [0.05, 0.1) is 19.3 Å². The second-order valence-electron chi connectivity index (χ2n) is 5.74. The van der Waals surface area contributed by atoms with E-state index in [-0.39, 0.29) is 5.41 Å². The Morgan fingerprint density at radius 1 is 1.32 bits per heavy atom. The zero-order valence-corrected chi connectivity index (χ0v) is 12.2. The molecule has 1 aromatic rings. The van der Waals surface area contributed by atoms with Crippen LogP contribution in [0.3, 0.4) is 0 Å². The number of hydrogen-bond acceptors (Lipinski definition) is 4. The summed E-state index contributed by atoms with van der Waals surface area (Å²) in [5.74, 6) is -0.424. The lowest BCUT2D eigenvalue weighted by Crippen LogP contribution is -2.12. The number of ether oxygens (including phenoxy) is 2. The molecule has 1 rings (SSSR count). The molecule has 0 bridgehead atoms. The van der Waals surface area contributed by atoms with E-state index in [1.165, 1.54) is 7.11 Å². The molecule has 0 saturated heterocycles. The van der Waals surface area contributed by atoms with Gasteiger partial charge in [-0.3, -0.25) is 0 Å². The number of carbonyl (C=O) groups is 1. The van der Waals surface area contributed by atoms with Crippen LogP contribution in [-0.4, -0.2) is 19.7 Å². The number of esters is 1. The Balaban J connectivity index is 2.68. The number of nitrogen functional groups attached to an aromatic ring is 1. The first kappa shape index (κ1) is 15.5. The fraction of sp³-hybridized carbons (Fsp3) is 0.533. The Kier molecular flexibility index (Phi) is 5.36. The first-order chi connectivity index (χ1) is 8.85.